The number of aromatic nitrogens is 1. The van der Waals surface area contributed by atoms with Gasteiger partial charge in [0.05, 0.1) is 26.2 Å². The zero-order chi connectivity index (χ0) is 19.4. The second-order valence-electron chi connectivity index (χ2n) is 8.31. The van der Waals surface area contributed by atoms with Crippen molar-refractivity contribution in [3.05, 3.63) is 58.8 Å². The number of amides is 1. The Bertz CT molecular complexity index is 1080. The lowest BCUT2D eigenvalue weighted by molar-refractivity contribution is -0.131. The van der Waals surface area contributed by atoms with Gasteiger partial charge in [-0.25, -0.2) is 0 Å². The molecule has 1 aromatic heterocycles. The Morgan fingerprint density at radius 2 is 2.00 bits per heavy atom. The topological polar surface area (TPSA) is 54.6 Å². The van der Waals surface area contributed by atoms with E-state index in [1.54, 1.807) is 0 Å². The van der Waals surface area contributed by atoms with Crippen LogP contribution in [-0.4, -0.2) is 35.0 Å². The number of ether oxygens (including phenoxy) is 2. The van der Waals surface area contributed by atoms with Crippen molar-refractivity contribution in [1.82, 2.24) is 9.88 Å². The minimum Gasteiger partial charge on any atom is -0.493 e. The van der Waals surface area contributed by atoms with E-state index in [1.807, 2.05) is 18.3 Å². The van der Waals surface area contributed by atoms with Crippen molar-refractivity contribution in [2.45, 2.75) is 44.7 Å². The lowest BCUT2D eigenvalue weighted by Gasteiger charge is -2.25. The monoisotopic (exact) mass is 388 g/mol. The zero-order valence-electron chi connectivity index (χ0n) is 16.4. The lowest BCUT2D eigenvalue weighted by Crippen LogP contribution is -2.34. The van der Waals surface area contributed by atoms with Crippen molar-refractivity contribution in [2.75, 3.05) is 13.2 Å². The Balaban J connectivity index is 1.32. The maximum absolute atomic E-state index is 13.4. The number of nitrogens with zero attached hydrogens (tertiary/aromatic N) is 1. The summed E-state index contributed by atoms with van der Waals surface area (Å²) in [7, 11) is 0. The zero-order valence-corrected chi connectivity index (χ0v) is 16.4. The molecule has 29 heavy (non-hydrogen) atoms. The Morgan fingerprint density at radius 3 is 2.90 bits per heavy atom. The van der Waals surface area contributed by atoms with Gasteiger partial charge in [-0.05, 0) is 30.5 Å². The molecule has 5 nitrogen and oxygen atoms in total. The van der Waals surface area contributed by atoms with E-state index < -0.39 is 0 Å². The first-order valence-electron chi connectivity index (χ1n) is 10.6. The van der Waals surface area contributed by atoms with Gasteiger partial charge in [-0.3, -0.25) is 4.79 Å². The van der Waals surface area contributed by atoms with Gasteiger partial charge in [0.2, 0.25) is 5.91 Å². The van der Waals surface area contributed by atoms with Crippen molar-refractivity contribution < 1.29 is 14.3 Å². The van der Waals surface area contributed by atoms with Crippen LogP contribution in [0.5, 0.6) is 11.5 Å². The number of hydrogen-bond acceptors (Lipinski definition) is 3. The molecule has 1 saturated carbocycles. The molecular formula is C24H24N2O3. The van der Waals surface area contributed by atoms with Crippen molar-refractivity contribution in [1.29, 1.82) is 0 Å². The summed E-state index contributed by atoms with van der Waals surface area (Å²) in [5.41, 5.74) is 5.78. The van der Waals surface area contributed by atoms with Gasteiger partial charge in [-0.2, -0.15) is 0 Å². The van der Waals surface area contributed by atoms with Gasteiger partial charge in [0.25, 0.3) is 0 Å². The number of hydrogen-bond donors (Lipinski definition) is 1. The van der Waals surface area contributed by atoms with E-state index in [-0.39, 0.29) is 5.91 Å². The smallest absolute Gasteiger partial charge is 0.227 e. The molecule has 0 radical (unpaired) electrons. The minimum absolute atomic E-state index is 0.195. The molecule has 0 unspecified atom stereocenters. The third-order valence-electron chi connectivity index (χ3n) is 6.41. The molecule has 0 spiro atoms. The molecule has 1 aliphatic carbocycles. The molecule has 1 amide bonds. The average Bonchev–Trinajstić information content (AvgIpc) is 3.12. The highest BCUT2D eigenvalue weighted by atomic mass is 16.5. The van der Waals surface area contributed by atoms with E-state index >= 15 is 0 Å². The highest BCUT2D eigenvalue weighted by Crippen LogP contribution is 2.42. The lowest BCUT2D eigenvalue weighted by atomic mass is 9.98. The highest BCUT2D eigenvalue weighted by molar-refractivity contribution is 5.89. The van der Waals surface area contributed by atoms with Gasteiger partial charge in [0.15, 0.2) is 0 Å². The molecule has 148 valence electrons. The van der Waals surface area contributed by atoms with Crippen molar-refractivity contribution in [3.8, 4) is 11.5 Å². The van der Waals surface area contributed by atoms with E-state index in [0.29, 0.717) is 19.0 Å². The third kappa shape index (κ3) is 2.87. The number of H-pyrrole nitrogens is 1. The van der Waals surface area contributed by atoms with Crippen LogP contribution in [0.3, 0.4) is 0 Å². The number of nitrogens with one attached hydrogen (secondary N) is 1. The fourth-order valence-electron chi connectivity index (χ4n) is 4.77. The van der Waals surface area contributed by atoms with Gasteiger partial charge in [0, 0.05) is 52.7 Å². The maximum Gasteiger partial charge on any atom is 0.227 e. The number of carbonyl (C=O) groups excluding carboxylic acids is 1. The molecule has 0 bridgehead atoms. The number of para-hydroxylation sites is 1. The first-order valence-corrected chi connectivity index (χ1v) is 10.6. The summed E-state index contributed by atoms with van der Waals surface area (Å²) < 4.78 is 11.9. The van der Waals surface area contributed by atoms with E-state index in [4.69, 9.17) is 9.47 Å². The molecule has 2 aromatic carbocycles. The largest absolute Gasteiger partial charge is 0.493 e. The molecular weight excluding hydrogens is 364 g/mol. The van der Waals surface area contributed by atoms with Crippen LogP contribution in [0, 0.1) is 0 Å². The Labute approximate surface area is 169 Å². The maximum atomic E-state index is 13.4. The van der Waals surface area contributed by atoms with Crippen LogP contribution in [0.4, 0.5) is 0 Å². The van der Waals surface area contributed by atoms with Gasteiger partial charge in [-0.15, -0.1) is 0 Å². The van der Waals surface area contributed by atoms with Crippen molar-refractivity contribution >= 4 is 16.8 Å². The predicted molar refractivity (Wildman–Crippen MR) is 110 cm³/mol. The first kappa shape index (κ1) is 17.0. The summed E-state index contributed by atoms with van der Waals surface area (Å²) in [5, 5.41) is 1.13. The minimum atomic E-state index is 0.195. The van der Waals surface area contributed by atoms with E-state index in [2.05, 4.69) is 28.1 Å². The number of carbonyl (C=O) groups is 1. The van der Waals surface area contributed by atoms with Gasteiger partial charge in [-0.1, -0.05) is 18.2 Å². The molecule has 2 aliphatic heterocycles. The molecule has 0 atom stereocenters. The molecule has 1 fully saturated rings. The van der Waals surface area contributed by atoms with E-state index in [0.717, 1.165) is 66.9 Å². The van der Waals surface area contributed by atoms with Crippen LogP contribution in [0.25, 0.3) is 10.9 Å². The highest BCUT2D eigenvalue weighted by Gasteiger charge is 2.35. The van der Waals surface area contributed by atoms with Crippen LogP contribution in [-0.2, 0) is 30.6 Å². The summed E-state index contributed by atoms with van der Waals surface area (Å²) in [6.45, 7) is 2.07. The second-order valence-corrected chi connectivity index (χ2v) is 8.31. The summed E-state index contributed by atoms with van der Waals surface area (Å²) in [6.07, 6.45) is 6.40. The molecule has 1 N–H and O–H groups in total. The molecule has 3 heterocycles. The molecule has 3 aliphatic rings. The van der Waals surface area contributed by atoms with Crippen LogP contribution < -0.4 is 9.47 Å². The second kappa shape index (κ2) is 6.55. The summed E-state index contributed by atoms with van der Waals surface area (Å²) in [4.78, 5) is 18.7. The number of aromatic amines is 1. The number of rotatable bonds is 5. The SMILES string of the molecule is O=C(Cc1c[nH]c2ccccc12)N(Cc1c2c(cc3c1OCC3)OCC2)C1CC1. The van der Waals surface area contributed by atoms with E-state index in [1.165, 1.54) is 16.7 Å². The third-order valence-corrected chi connectivity index (χ3v) is 6.41. The van der Waals surface area contributed by atoms with E-state index in [9.17, 15) is 4.79 Å². The fourth-order valence-corrected chi connectivity index (χ4v) is 4.77. The normalized spacial score (nSPS) is 17.0. The number of fused-ring (bicyclic) bond motifs is 3. The van der Waals surface area contributed by atoms with Gasteiger partial charge in [0.1, 0.15) is 11.5 Å². The summed E-state index contributed by atoms with van der Waals surface area (Å²) in [6, 6.07) is 10.7. The van der Waals surface area contributed by atoms with Crippen LogP contribution in [0.2, 0.25) is 0 Å². The van der Waals surface area contributed by atoms with Crippen molar-refractivity contribution in [3.63, 3.8) is 0 Å². The summed E-state index contributed by atoms with van der Waals surface area (Å²) >= 11 is 0. The molecule has 0 saturated heterocycles. The Hall–Kier alpha value is -2.95. The van der Waals surface area contributed by atoms with Crippen molar-refractivity contribution in [2.24, 2.45) is 0 Å². The standard InChI is InChI=1S/C24H24N2O3/c27-23(12-16-13-25-21-4-2-1-3-18(16)21)26(17-5-6-17)14-20-19-8-10-28-22(19)11-15-7-9-29-24(15)20/h1-4,11,13,17,25H,5-10,12,14H2. The number of benzene rings is 2. The Kier molecular flexibility index (Phi) is 3.83. The quantitative estimate of drug-likeness (QED) is 0.724. The van der Waals surface area contributed by atoms with Crippen LogP contribution >= 0.6 is 0 Å². The van der Waals surface area contributed by atoms with Crippen LogP contribution in [0.1, 0.15) is 35.1 Å². The Morgan fingerprint density at radius 1 is 1.14 bits per heavy atom. The molecule has 5 heteroatoms. The molecule has 6 rings (SSSR count). The average molecular weight is 388 g/mol. The van der Waals surface area contributed by atoms with Gasteiger partial charge >= 0.3 is 0 Å². The van der Waals surface area contributed by atoms with Gasteiger partial charge < -0.3 is 19.4 Å². The predicted octanol–water partition coefficient (Wildman–Crippen LogP) is 3.77. The summed E-state index contributed by atoms with van der Waals surface area (Å²) in [5.74, 6) is 2.18. The first-order chi connectivity index (χ1) is 14.3. The molecule has 3 aromatic rings. The van der Waals surface area contributed by atoms with Crippen LogP contribution in [0.15, 0.2) is 36.5 Å². The fraction of sp³-hybridized carbons (Fsp3) is 0.375.